The van der Waals surface area contributed by atoms with Crippen LogP contribution in [-0.2, 0) is 0 Å². The van der Waals surface area contributed by atoms with E-state index in [0.717, 1.165) is 64.9 Å². The highest BCUT2D eigenvalue weighted by molar-refractivity contribution is 6.02. The summed E-state index contributed by atoms with van der Waals surface area (Å²) in [7, 11) is 3.61. The maximum Gasteiger partial charge on any atom is 0.148 e. The summed E-state index contributed by atoms with van der Waals surface area (Å²) < 4.78 is 2.01. The molecule has 1 aromatic carbocycles. The van der Waals surface area contributed by atoms with Gasteiger partial charge in [0, 0.05) is 67.3 Å². The molecule has 0 saturated heterocycles. The minimum atomic E-state index is 0.771. The third kappa shape index (κ3) is 3.14. The third-order valence-electron chi connectivity index (χ3n) is 5.27. The van der Waals surface area contributed by atoms with E-state index in [1.165, 1.54) is 5.39 Å². The largest absolute Gasteiger partial charge is 0.372 e. The number of benzene rings is 1. The van der Waals surface area contributed by atoms with E-state index < -0.39 is 0 Å². The molecule has 7 heteroatoms. The molecule has 0 aliphatic carbocycles. The molecule has 0 radical (unpaired) electrons. The number of hydrogen-bond donors (Lipinski definition) is 3. The molecule has 0 amide bonds. The van der Waals surface area contributed by atoms with E-state index in [9.17, 15) is 0 Å². The predicted molar refractivity (Wildman–Crippen MR) is 118 cm³/mol. The molecular weight excluding hydrogens is 362 g/mol. The number of aliphatic imine (C=N–C) groups is 2. The molecule has 29 heavy (non-hydrogen) atoms. The number of pyridine rings is 1. The third-order valence-corrected chi connectivity index (χ3v) is 5.27. The topological polar surface area (TPSA) is 81.9 Å². The molecule has 4 heterocycles. The smallest absolute Gasteiger partial charge is 0.148 e. The lowest BCUT2D eigenvalue weighted by Crippen LogP contribution is -2.30. The van der Waals surface area contributed by atoms with E-state index in [-0.39, 0.29) is 0 Å². The number of nitrogens with one attached hydrogen (secondary N) is 3. The van der Waals surface area contributed by atoms with Crippen LogP contribution in [0.3, 0.4) is 0 Å². The zero-order chi connectivity index (χ0) is 19.8. The fraction of sp³-hybridized carbons (Fsp3) is 0.227. The summed E-state index contributed by atoms with van der Waals surface area (Å²) in [6, 6.07) is 12.8. The van der Waals surface area contributed by atoms with Gasteiger partial charge in [-0.1, -0.05) is 12.1 Å². The highest BCUT2D eigenvalue weighted by Gasteiger charge is 2.11. The van der Waals surface area contributed by atoms with Gasteiger partial charge in [0.05, 0.1) is 0 Å². The summed E-state index contributed by atoms with van der Waals surface area (Å²) in [6.45, 7) is 1.87. The zero-order valence-corrected chi connectivity index (χ0v) is 16.5. The van der Waals surface area contributed by atoms with Crippen molar-refractivity contribution in [3.63, 3.8) is 0 Å². The molecule has 0 spiro atoms. The number of hydrogen-bond acceptors (Lipinski definition) is 4. The molecule has 5 rings (SSSR count). The number of imidazole rings is 1. The Morgan fingerprint density at radius 2 is 2.10 bits per heavy atom. The van der Waals surface area contributed by atoms with Gasteiger partial charge in [-0.05, 0) is 30.7 Å². The molecule has 1 aliphatic heterocycles. The van der Waals surface area contributed by atoms with Gasteiger partial charge in [-0.3, -0.25) is 9.98 Å². The molecule has 7 nitrogen and oxygen atoms in total. The number of nitrogens with zero attached hydrogens (tertiary/aromatic N) is 4. The van der Waals surface area contributed by atoms with E-state index in [1.54, 1.807) is 7.05 Å². The van der Waals surface area contributed by atoms with Gasteiger partial charge >= 0.3 is 0 Å². The van der Waals surface area contributed by atoms with Crippen LogP contribution in [0, 0.1) is 0 Å². The first-order valence-corrected chi connectivity index (χ1v) is 9.80. The molecule has 3 N–H and O–H groups in total. The maximum atomic E-state index is 4.70. The minimum Gasteiger partial charge on any atom is -0.372 e. The molecule has 0 atom stereocenters. The maximum absolute atomic E-state index is 4.70. The number of aromatic amines is 1. The molecule has 0 unspecified atom stereocenters. The lowest BCUT2D eigenvalue weighted by Gasteiger charge is -2.14. The van der Waals surface area contributed by atoms with Crippen molar-refractivity contribution in [2.75, 3.05) is 27.2 Å². The van der Waals surface area contributed by atoms with E-state index in [0.29, 0.717) is 0 Å². The van der Waals surface area contributed by atoms with Crippen LogP contribution in [-0.4, -0.2) is 53.2 Å². The van der Waals surface area contributed by atoms with Crippen LogP contribution in [0.5, 0.6) is 0 Å². The second kappa shape index (κ2) is 7.09. The Hall–Kier alpha value is -3.61. The first-order valence-electron chi connectivity index (χ1n) is 9.80. The number of amidine groups is 2. The van der Waals surface area contributed by atoms with Gasteiger partial charge in [0.25, 0.3) is 0 Å². The molecule has 146 valence electrons. The molecule has 0 saturated carbocycles. The average molecular weight is 385 g/mol. The van der Waals surface area contributed by atoms with Crippen molar-refractivity contribution in [3.8, 4) is 11.3 Å². The van der Waals surface area contributed by atoms with Crippen LogP contribution in [0.1, 0.15) is 17.7 Å². The van der Waals surface area contributed by atoms with Crippen LogP contribution in [0.15, 0.2) is 58.8 Å². The predicted octanol–water partition coefficient (Wildman–Crippen LogP) is 2.82. The summed E-state index contributed by atoms with van der Waals surface area (Å²) in [6.07, 6.45) is 5.10. The van der Waals surface area contributed by atoms with Crippen LogP contribution >= 0.6 is 0 Å². The van der Waals surface area contributed by atoms with Gasteiger partial charge in [-0.15, -0.1) is 0 Å². The Balaban J connectivity index is 1.52. The van der Waals surface area contributed by atoms with E-state index >= 15 is 0 Å². The average Bonchev–Trinajstić information content (AvgIpc) is 3.38. The fourth-order valence-corrected chi connectivity index (χ4v) is 3.77. The molecule has 3 aromatic heterocycles. The number of rotatable bonds is 3. The summed E-state index contributed by atoms with van der Waals surface area (Å²) in [5.41, 5.74) is 6.10. The monoisotopic (exact) mass is 385 g/mol. The molecule has 0 fully saturated rings. The Morgan fingerprint density at radius 1 is 1.17 bits per heavy atom. The Morgan fingerprint density at radius 3 is 2.90 bits per heavy atom. The molecular formula is C22H23N7. The van der Waals surface area contributed by atoms with Crippen LogP contribution < -0.4 is 10.6 Å². The van der Waals surface area contributed by atoms with Crippen LogP contribution in [0.4, 0.5) is 0 Å². The summed E-state index contributed by atoms with van der Waals surface area (Å²) in [5, 5.41) is 7.65. The second-order valence-electron chi connectivity index (χ2n) is 7.12. The van der Waals surface area contributed by atoms with Crippen molar-refractivity contribution in [1.29, 1.82) is 0 Å². The number of aromatic nitrogens is 3. The van der Waals surface area contributed by atoms with Crippen LogP contribution in [0.25, 0.3) is 27.8 Å². The molecule has 4 aromatic rings. The standard InChI is InChI=1S/C22H23N7/c1-23-22(24-2)19-13-29-9-6-15(12-20(29)28-19)17-10-14-4-5-16(11-18(14)27-17)21-25-7-3-8-26-21/h4-6,9-13,27H,3,7-8H2,1-2H3,(H,23,24)(H,25,26). The number of fused-ring (bicyclic) bond motifs is 2. The molecule has 0 bridgehead atoms. The van der Waals surface area contributed by atoms with Gasteiger partial charge in [0.15, 0.2) is 0 Å². The SMILES string of the molecule is CN=C(NC)c1cn2ccc(-c3cc4ccc(C5=NCCCN5)cc4[nH]3)cc2n1. The normalized spacial score (nSPS) is 14.8. The highest BCUT2D eigenvalue weighted by Crippen LogP contribution is 2.26. The quantitative estimate of drug-likeness (QED) is 0.375. The van der Waals surface area contributed by atoms with E-state index in [2.05, 4.69) is 62.0 Å². The van der Waals surface area contributed by atoms with Crippen LogP contribution in [0.2, 0.25) is 0 Å². The first-order chi connectivity index (χ1) is 14.2. The summed E-state index contributed by atoms with van der Waals surface area (Å²) >= 11 is 0. The number of H-pyrrole nitrogens is 1. The fourth-order valence-electron chi connectivity index (χ4n) is 3.77. The Labute approximate surface area is 168 Å². The second-order valence-corrected chi connectivity index (χ2v) is 7.12. The van der Waals surface area contributed by atoms with Crippen molar-refractivity contribution in [2.24, 2.45) is 9.98 Å². The minimum absolute atomic E-state index is 0.771. The van der Waals surface area contributed by atoms with Crippen molar-refractivity contribution >= 4 is 28.2 Å². The highest BCUT2D eigenvalue weighted by atomic mass is 15.1. The first kappa shape index (κ1) is 17.5. The van der Waals surface area contributed by atoms with Crippen molar-refractivity contribution < 1.29 is 0 Å². The van der Waals surface area contributed by atoms with E-state index in [1.807, 2.05) is 23.8 Å². The lowest BCUT2D eigenvalue weighted by atomic mass is 10.1. The van der Waals surface area contributed by atoms with Gasteiger partial charge in [-0.2, -0.15) is 0 Å². The molecule has 1 aliphatic rings. The van der Waals surface area contributed by atoms with Gasteiger partial charge in [0.1, 0.15) is 23.0 Å². The van der Waals surface area contributed by atoms with E-state index in [4.69, 9.17) is 4.98 Å². The Bertz CT molecular complexity index is 1260. The Kier molecular flexibility index (Phi) is 4.27. The summed E-state index contributed by atoms with van der Waals surface area (Å²) in [4.78, 5) is 17.1. The zero-order valence-electron chi connectivity index (χ0n) is 16.5. The van der Waals surface area contributed by atoms with Gasteiger partial charge in [0.2, 0.25) is 0 Å². The van der Waals surface area contributed by atoms with Gasteiger partial charge in [-0.25, -0.2) is 4.98 Å². The van der Waals surface area contributed by atoms with Crippen molar-refractivity contribution in [1.82, 2.24) is 25.0 Å². The summed E-state index contributed by atoms with van der Waals surface area (Å²) in [5.74, 6) is 1.76. The van der Waals surface area contributed by atoms with Crippen molar-refractivity contribution in [2.45, 2.75) is 6.42 Å². The van der Waals surface area contributed by atoms with Crippen molar-refractivity contribution in [3.05, 3.63) is 60.0 Å². The van der Waals surface area contributed by atoms with Gasteiger partial charge < -0.3 is 20.0 Å². The lowest BCUT2D eigenvalue weighted by molar-refractivity contribution is 0.742.